The molecular weight excluding hydrogens is 195 g/mol. The highest BCUT2D eigenvalue weighted by Crippen LogP contribution is 2.27. The van der Waals surface area contributed by atoms with Gasteiger partial charge in [0.05, 0.1) is 5.69 Å². The molecule has 0 aliphatic carbocycles. The number of nitrogens with one attached hydrogen (secondary N) is 1. The van der Waals surface area contributed by atoms with Gasteiger partial charge in [-0.15, -0.1) is 0 Å². The third-order valence-corrected chi connectivity index (χ3v) is 2.60. The summed E-state index contributed by atoms with van der Waals surface area (Å²) in [5, 5.41) is 2.93. The van der Waals surface area contributed by atoms with Gasteiger partial charge in [-0.1, -0.05) is 0 Å². The van der Waals surface area contributed by atoms with Crippen LogP contribution in [0.3, 0.4) is 0 Å². The summed E-state index contributed by atoms with van der Waals surface area (Å²) in [4.78, 5) is 13.0. The first-order chi connectivity index (χ1) is 7.22. The fourth-order valence-electron chi connectivity index (χ4n) is 1.78. The molecule has 1 aliphatic rings. The van der Waals surface area contributed by atoms with Gasteiger partial charge in [0, 0.05) is 25.7 Å². The van der Waals surface area contributed by atoms with Crippen molar-refractivity contribution in [2.24, 2.45) is 0 Å². The van der Waals surface area contributed by atoms with E-state index in [-0.39, 0.29) is 11.7 Å². The number of hydrogen-bond acceptors (Lipinski definition) is 2. The largest absolute Gasteiger partial charge is 0.388 e. The highest BCUT2D eigenvalue weighted by molar-refractivity contribution is 5.95. The SMILES string of the molecule is CNc1ccc(F)c(N2CCCC2=O)c1. The van der Waals surface area contributed by atoms with Gasteiger partial charge in [-0.3, -0.25) is 4.79 Å². The van der Waals surface area contributed by atoms with Crippen molar-refractivity contribution < 1.29 is 9.18 Å². The van der Waals surface area contributed by atoms with E-state index in [1.54, 1.807) is 19.2 Å². The van der Waals surface area contributed by atoms with Crippen molar-refractivity contribution in [1.29, 1.82) is 0 Å². The van der Waals surface area contributed by atoms with Gasteiger partial charge in [-0.25, -0.2) is 4.39 Å². The van der Waals surface area contributed by atoms with Gasteiger partial charge in [0.25, 0.3) is 0 Å². The van der Waals surface area contributed by atoms with E-state index in [0.29, 0.717) is 18.7 Å². The molecule has 1 amide bonds. The minimum atomic E-state index is -0.343. The summed E-state index contributed by atoms with van der Waals surface area (Å²) in [5.74, 6) is -0.341. The number of halogens is 1. The van der Waals surface area contributed by atoms with E-state index in [4.69, 9.17) is 0 Å². The molecule has 1 fully saturated rings. The Bertz CT molecular complexity index is 392. The summed E-state index contributed by atoms with van der Waals surface area (Å²) in [6, 6.07) is 4.70. The Morgan fingerprint density at radius 1 is 1.47 bits per heavy atom. The molecule has 80 valence electrons. The Morgan fingerprint density at radius 3 is 2.87 bits per heavy atom. The van der Waals surface area contributed by atoms with Crippen LogP contribution in [0.1, 0.15) is 12.8 Å². The second kappa shape index (κ2) is 3.88. The minimum absolute atomic E-state index is 0.00199. The number of anilines is 2. The maximum Gasteiger partial charge on any atom is 0.227 e. The monoisotopic (exact) mass is 208 g/mol. The van der Waals surface area contributed by atoms with Crippen LogP contribution in [0.25, 0.3) is 0 Å². The lowest BCUT2D eigenvalue weighted by Crippen LogP contribution is -2.24. The highest BCUT2D eigenvalue weighted by atomic mass is 19.1. The quantitative estimate of drug-likeness (QED) is 0.806. The summed E-state index contributed by atoms with van der Waals surface area (Å²) in [6.07, 6.45) is 1.32. The van der Waals surface area contributed by atoms with Crippen molar-refractivity contribution in [1.82, 2.24) is 0 Å². The average molecular weight is 208 g/mol. The molecule has 1 aromatic carbocycles. The van der Waals surface area contributed by atoms with Crippen LogP contribution in [-0.2, 0) is 4.79 Å². The summed E-state index contributed by atoms with van der Waals surface area (Å²) < 4.78 is 13.5. The lowest BCUT2D eigenvalue weighted by molar-refractivity contribution is -0.117. The van der Waals surface area contributed by atoms with Crippen LogP contribution in [0.2, 0.25) is 0 Å². The predicted octanol–water partition coefficient (Wildman–Crippen LogP) is 1.99. The zero-order valence-electron chi connectivity index (χ0n) is 8.59. The smallest absolute Gasteiger partial charge is 0.227 e. The van der Waals surface area contributed by atoms with Gasteiger partial charge in [-0.05, 0) is 24.6 Å². The molecule has 1 saturated heterocycles. The second-order valence-corrected chi connectivity index (χ2v) is 3.57. The summed E-state index contributed by atoms with van der Waals surface area (Å²) in [5.41, 5.74) is 1.19. The molecule has 0 radical (unpaired) electrons. The first-order valence-corrected chi connectivity index (χ1v) is 5.00. The van der Waals surface area contributed by atoms with Crippen LogP contribution < -0.4 is 10.2 Å². The standard InChI is InChI=1S/C11H13FN2O/c1-13-8-4-5-9(12)10(7-8)14-6-2-3-11(14)15/h4-5,7,13H,2-3,6H2,1H3. The molecule has 0 aromatic heterocycles. The normalized spacial score (nSPS) is 15.9. The fourth-order valence-corrected chi connectivity index (χ4v) is 1.78. The Morgan fingerprint density at radius 2 is 2.27 bits per heavy atom. The maximum absolute atomic E-state index is 13.5. The molecule has 3 nitrogen and oxygen atoms in total. The summed E-state index contributed by atoms with van der Waals surface area (Å²) in [7, 11) is 1.77. The van der Waals surface area contributed by atoms with E-state index in [0.717, 1.165) is 12.1 Å². The lowest BCUT2D eigenvalue weighted by Gasteiger charge is -2.17. The van der Waals surface area contributed by atoms with Crippen molar-refractivity contribution in [2.75, 3.05) is 23.8 Å². The number of hydrogen-bond donors (Lipinski definition) is 1. The first kappa shape index (κ1) is 9.96. The van der Waals surface area contributed by atoms with Gasteiger partial charge >= 0.3 is 0 Å². The number of carbonyl (C=O) groups excluding carboxylic acids is 1. The Hall–Kier alpha value is -1.58. The highest BCUT2D eigenvalue weighted by Gasteiger charge is 2.24. The topological polar surface area (TPSA) is 32.3 Å². The second-order valence-electron chi connectivity index (χ2n) is 3.57. The van der Waals surface area contributed by atoms with Crippen molar-refractivity contribution in [3.63, 3.8) is 0 Å². The lowest BCUT2D eigenvalue weighted by atomic mass is 10.2. The molecule has 1 aliphatic heterocycles. The Kier molecular flexibility index (Phi) is 2.58. The van der Waals surface area contributed by atoms with Gasteiger partial charge in [0.2, 0.25) is 5.91 Å². The predicted molar refractivity (Wildman–Crippen MR) is 57.5 cm³/mol. The van der Waals surface area contributed by atoms with Crippen LogP contribution in [-0.4, -0.2) is 19.5 Å². The third-order valence-electron chi connectivity index (χ3n) is 2.60. The van der Waals surface area contributed by atoms with Gasteiger partial charge in [0.15, 0.2) is 0 Å². The molecule has 15 heavy (non-hydrogen) atoms. The van der Waals surface area contributed by atoms with Crippen LogP contribution in [0.5, 0.6) is 0 Å². The van der Waals surface area contributed by atoms with Crippen molar-refractivity contribution in [2.45, 2.75) is 12.8 Å². The number of carbonyl (C=O) groups is 1. The molecular formula is C11H13FN2O. The van der Waals surface area contributed by atoms with Crippen molar-refractivity contribution in [3.8, 4) is 0 Å². The third kappa shape index (κ3) is 1.79. The van der Waals surface area contributed by atoms with Gasteiger partial charge < -0.3 is 10.2 Å². The average Bonchev–Trinajstić information content (AvgIpc) is 2.65. The van der Waals surface area contributed by atoms with E-state index < -0.39 is 0 Å². The number of nitrogens with zero attached hydrogens (tertiary/aromatic N) is 1. The maximum atomic E-state index is 13.5. The van der Waals surface area contributed by atoms with E-state index in [2.05, 4.69) is 5.32 Å². The van der Waals surface area contributed by atoms with E-state index >= 15 is 0 Å². The number of rotatable bonds is 2. The Labute approximate surface area is 87.9 Å². The van der Waals surface area contributed by atoms with Crippen LogP contribution >= 0.6 is 0 Å². The molecule has 0 unspecified atom stereocenters. The first-order valence-electron chi connectivity index (χ1n) is 5.00. The number of amides is 1. The van der Waals surface area contributed by atoms with Crippen molar-refractivity contribution >= 4 is 17.3 Å². The van der Waals surface area contributed by atoms with E-state index in [1.807, 2.05) is 0 Å². The molecule has 0 bridgehead atoms. The molecule has 0 saturated carbocycles. The zero-order valence-corrected chi connectivity index (χ0v) is 8.59. The van der Waals surface area contributed by atoms with Crippen molar-refractivity contribution in [3.05, 3.63) is 24.0 Å². The molecule has 0 atom stereocenters. The van der Waals surface area contributed by atoms with Crippen LogP contribution in [0, 0.1) is 5.82 Å². The molecule has 1 N–H and O–H groups in total. The number of benzene rings is 1. The van der Waals surface area contributed by atoms with Crippen LogP contribution in [0.15, 0.2) is 18.2 Å². The molecule has 1 heterocycles. The van der Waals surface area contributed by atoms with Crippen LogP contribution in [0.4, 0.5) is 15.8 Å². The minimum Gasteiger partial charge on any atom is -0.388 e. The van der Waals surface area contributed by atoms with Gasteiger partial charge in [-0.2, -0.15) is 0 Å². The Balaban J connectivity index is 2.37. The molecule has 4 heteroatoms. The summed E-state index contributed by atoms with van der Waals surface area (Å²) >= 11 is 0. The van der Waals surface area contributed by atoms with E-state index in [9.17, 15) is 9.18 Å². The van der Waals surface area contributed by atoms with E-state index in [1.165, 1.54) is 11.0 Å². The van der Waals surface area contributed by atoms with Gasteiger partial charge in [0.1, 0.15) is 5.82 Å². The zero-order chi connectivity index (χ0) is 10.8. The molecule has 0 spiro atoms. The molecule has 1 aromatic rings. The fraction of sp³-hybridized carbons (Fsp3) is 0.364. The molecule has 2 rings (SSSR count). The summed E-state index contributed by atoms with van der Waals surface area (Å²) in [6.45, 7) is 0.614.